The lowest BCUT2D eigenvalue weighted by Gasteiger charge is -2.35. The Hall–Kier alpha value is -3.28. The number of hydrogen-bond donors (Lipinski definition) is 2. The van der Waals surface area contributed by atoms with Crippen molar-refractivity contribution in [1.29, 1.82) is 0 Å². The molecule has 208 valence electrons. The van der Waals surface area contributed by atoms with E-state index in [2.05, 4.69) is 5.32 Å². The van der Waals surface area contributed by atoms with Crippen LogP contribution in [0.15, 0.2) is 42.5 Å². The van der Waals surface area contributed by atoms with Crippen molar-refractivity contribution in [3.8, 4) is 0 Å². The van der Waals surface area contributed by atoms with Gasteiger partial charge in [-0.05, 0) is 62.2 Å². The predicted molar refractivity (Wildman–Crippen MR) is 130 cm³/mol. The summed E-state index contributed by atoms with van der Waals surface area (Å²) in [6.07, 6.45) is -9.76. The second kappa shape index (κ2) is 11.2. The number of alkyl halides is 6. The summed E-state index contributed by atoms with van der Waals surface area (Å²) in [6, 6.07) is 9.91. The van der Waals surface area contributed by atoms with Gasteiger partial charge in [0.25, 0.3) is 0 Å². The van der Waals surface area contributed by atoms with Gasteiger partial charge in [-0.25, -0.2) is 0 Å². The van der Waals surface area contributed by atoms with Gasteiger partial charge in [0.05, 0.1) is 5.56 Å². The van der Waals surface area contributed by atoms with E-state index in [0.29, 0.717) is 23.4 Å². The molecule has 2 aromatic carbocycles. The van der Waals surface area contributed by atoms with Crippen molar-refractivity contribution in [3.63, 3.8) is 0 Å². The van der Waals surface area contributed by atoms with Crippen LogP contribution in [0.3, 0.4) is 0 Å². The van der Waals surface area contributed by atoms with E-state index in [1.165, 1.54) is 18.2 Å². The number of hydrogen-bond acceptors (Lipinski definition) is 4. The van der Waals surface area contributed by atoms with Crippen molar-refractivity contribution in [3.05, 3.63) is 64.7 Å². The third kappa shape index (κ3) is 6.77. The molecule has 3 rings (SSSR count). The third-order valence-electron chi connectivity index (χ3n) is 6.73. The first-order valence-corrected chi connectivity index (χ1v) is 12.0. The Bertz CT molecular complexity index is 1170. The fourth-order valence-corrected chi connectivity index (χ4v) is 4.69. The summed E-state index contributed by atoms with van der Waals surface area (Å²) in [5, 5.41) is 3.11. The highest BCUT2D eigenvalue weighted by Crippen LogP contribution is 2.36. The molecule has 0 aliphatic carbocycles. The summed E-state index contributed by atoms with van der Waals surface area (Å²) in [6.45, 7) is -0.0371. The minimum atomic E-state index is -5.00. The van der Waals surface area contributed by atoms with Gasteiger partial charge in [-0.15, -0.1) is 0 Å². The molecule has 0 bridgehead atoms. The molecule has 0 radical (unpaired) electrons. The molecule has 1 heterocycles. The number of halogens is 6. The van der Waals surface area contributed by atoms with Crippen LogP contribution in [0.1, 0.15) is 28.7 Å². The van der Waals surface area contributed by atoms with Gasteiger partial charge in [0.15, 0.2) is 0 Å². The number of nitrogens with two attached hydrogens (primary N) is 1. The maximum atomic E-state index is 13.8. The lowest BCUT2D eigenvalue weighted by Crippen LogP contribution is -2.54. The number of nitrogens with zero attached hydrogens (tertiary/aromatic N) is 2. The Balaban J connectivity index is 2.02. The lowest BCUT2D eigenvalue weighted by molar-refractivity contribution is -0.185. The molecule has 0 saturated carbocycles. The van der Waals surface area contributed by atoms with Crippen LogP contribution in [-0.4, -0.2) is 67.1 Å². The maximum Gasteiger partial charge on any atom is 0.471 e. The SMILES string of the molecule is CN(C)CCC(Cc1ccccc1C(F)(F)F)(Nc1cccc2c1CCN(C(=O)C(F)(F)F)CC2)C(N)=O. The summed E-state index contributed by atoms with van der Waals surface area (Å²) >= 11 is 0. The van der Waals surface area contributed by atoms with Crippen molar-refractivity contribution < 1.29 is 35.9 Å². The zero-order valence-corrected chi connectivity index (χ0v) is 21.0. The summed E-state index contributed by atoms with van der Waals surface area (Å²) in [5.41, 5.74) is 4.85. The number of nitrogens with one attached hydrogen (secondary N) is 1. The van der Waals surface area contributed by atoms with Crippen LogP contribution in [0.4, 0.5) is 32.0 Å². The van der Waals surface area contributed by atoms with Crippen LogP contribution >= 0.6 is 0 Å². The Morgan fingerprint density at radius 3 is 2.24 bits per heavy atom. The second-order valence-corrected chi connectivity index (χ2v) is 9.69. The zero-order valence-electron chi connectivity index (χ0n) is 21.0. The highest BCUT2D eigenvalue weighted by atomic mass is 19.4. The smallest absolute Gasteiger partial charge is 0.371 e. The molecule has 38 heavy (non-hydrogen) atoms. The molecule has 1 aliphatic heterocycles. The first-order chi connectivity index (χ1) is 17.6. The molecular formula is C26H30F6N4O2. The molecule has 3 N–H and O–H groups in total. The minimum Gasteiger partial charge on any atom is -0.371 e. The van der Waals surface area contributed by atoms with E-state index in [-0.39, 0.29) is 44.3 Å². The molecule has 6 nitrogen and oxygen atoms in total. The standard InChI is InChI=1S/C26H30F6N4O2/c1-35(2)15-12-24(22(33)37,16-18-6-3-4-8-20(18)25(27,28)29)34-21-9-5-7-17-10-13-36(14-11-19(17)21)23(38)26(30,31)32/h3-9,34H,10-16H2,1-2H3,(H2,33,37). The molecule has 0 aromatic heterocycles. The number of fused-ring (bicyclic) bond motifs is 1. The van der Waals surface area contributed by atoms with Crippen molar-refractivity contribution in [2.24, 2.45) is 5.73 Å². The van der Waals surface area contributed by atoms with E-state index >= 15 is 0 Å². The van der Waals surface area contributed by atoms with Gasteiger partial charge in [0.2, 0.25) is 5.91 Å². The molecule has 1 aliphatic rings. The topological polar surface area (TPSA) is 78.7 Å². The van der Waals surface area contributed by atoms with Crippen LogP contribution in [0, 0.1) is 0 Å². The van der Waals surface area contributed by atoms with E-state index in [0.717, 1.165) is 11.0 Å². The normalized spacial score (nSPS) is 16.0. The molecular weight excluding hydrogens is 514 g/mol. The quantitative estimate of drug-likeness (QED) is 0.492. The van der Waals surface area contributed by atoms with Crippen molar-refractivity contribution >= 4 is 17.5 Å². The van der Waals surface area contributed by atoms with E-state index in [4.69, 9.17) is 5.73 Å². The molecule has 0 spiro atoms. The fourth-order valence-electron chi connectivity index (χ4n) is 4.69. The first-order valence-electron chi connectivity index (χ1n) is 12.0. The van der Waals surface area contributed by atoms with Gasteiger partial charge in [0.1, 0.15) is 5.54 Å². The van der Waals surface area contributed by atoms with Gasteiger partial charge < -0.3 is 20.9 Å². The number of benzene rings is 2. The monoisotopic (exact) mass is 544 g/mol. The van der Waals surface area contributed by atoms with Gasteiger partial charge in [-0.1, -0.05) is 30.3 Å². The van der Waals surface area contributed by atoms with E-state index in [9.17, 15) is 35.9 Å². The van der Waals surface area contributed by atoms with Gasteiger partial charge >= 0.3 is 18.3 Å². The van der Waals surface area contributed by atoms with Crippen molar-refractivity contribution in [2.75, 3.05) is 39.0 Å². The lowest BCUT2D eigenvalue weighted by atomic mass is 9.83. The zero-order chi connectivity index (χ0) is 28.3. The third-order valence-corrected chi connectivity index (χ3v) is 6.73. The van der Waals surface area contributed by atoms with E-state index in [1.54, 1.807) is 37.2 Å². The van der Waals surface area contributed by atoms with Crippen LogP contribution in [-0.2, 0) is 35.0 Å². The van der Waals surface area contributed by atoms with E-state index < -0.39 is 35.3 Å². The van der Waals surface area contributed by atoms with Crippen LogP contribution in [0.5, 0.6) is 0 Å². The Morgan fingerprint density at radius 1 is 0.974 bits per heavy atom. The predicted octanol–water partition coefficient (Wildman–Crippen LogP) is 4.03. The molecule has 2 amide bonds. The van der Waals surface area contributed by atoms with Crippen molar-refractivity contribution in [2.45, 2.75) is 43.6 Å². The summed E-state index contributed by atoms with van der Waals surface area (Å²) in [4.78, 5) is 27.3. The molecule has 2 aromatic rings. The van der Waals surface area contributed by atoms with Gasteiger partial charge in [0, 0.05) is 31.7 Å². The largest absolute Gasteiger partial charge is 0.471 e. The Morgan fingerprint density at radius 2 is 1.63 bits per heavy atom. The molecule has 1 unspecified atom stereocenters. The maximum absolute atomic E-state index is 13.8. The second-order valence-electron chi connectivity index (χ2n) is 9.69. The Kier molecular flexibility index (Phi) is 8.65. The van der Waals surface area contributed by atoms with E-state index in [1.807, 2.05) is 0 Å². The molecule has 0 saturated heterocycles. The summed E-state index contributed by atoms with van der Waals surface area (Å²) < 4.78 is 80.4. The minimum absolute atomic E-state index is 0.0575. The highest BCUT2D eigenvalue weighted by molar-refractivity contribution is 5.89. The number of primary amides is 1. The van der Waals surface area contributed by atoms with Crippen LogP contribution in [0.25, 0.3) is 0 Å². The van der Waals surface area contributed by atoms with Crippen molar-refractivity contribution in [1.82, 2.24) is 9.80 Å². The van der Waals surface area contributed by atoms with Gasteiger partial charge in [-0.2, -0.15) is 26.3 Å². The number of anilines is 1. The number of amides is 2. The number of rotatable bonds is 8. The number of carbonyl (C=O) groups is 2. The van der Waals surface area contributed by atoms with Crippen LogP contribution in [0.2, 0.25) is 0 Å². The molecule has 1 atom stereocenters. The van der Waals surface area contributed by atoms with Crippen LogP contribution < -0.4 is 11.1 Å². The summed E-state index contributed by atoms with van der Waals surface area (Å²) in [7, 11) is 3.49. The van der Waals surface area contributed by atoms with Gasteiger partial charge in [-0.3, -0.25) is 9.59 Å². The number of carbonyl (C=O) groups excluding carboxylic acids is 2. The highest BCUT2D eigenvalue weighted by Gasteiger charge is 2.43. The molecule has 12 heteroatoms. The average Bonchev–Trinajstić information content (AvgIpc) is 3.04. The Labute approximate surface area is 216 Å². The average molecular weight is 545 g/mol. The summed E-state index contributed by atoms with van der Waals surface area (Å²) in [5.74, 6) is -2.79. The fraction of sp³-hybridized carbons (Fsp3) is 0.462. The first kappa shape index (κ1) is 29.3. The molecule has 0 fully saturated rings.